The Labute approximate surface area is 121 Å². The molecule has 1 fully saturated rings. The van der Waals surface area contributed by atoms with Crippen molar-refractivity contribution >= 4 is 27.8 Å². The summed E-state index contributed by atoms with van der Waals surface area (Å²) in [4.78, 5) is 24.1. The molecule has 2 rings (SSSR count). The standard InChI is InChI=1S/C13H18N2O4S/c1-9(16)11-7-10(15(18)19)12(20-11)14(2)8-13(17)5-3-4-6-13/h7,17H,3-6,8H2,1-2H3. The second-order valence-electron chi connectivity index (χ2n) is 5.40. The van der Waals surface area contributed by atoms with E-state index in [9.17, 15) is 20.0 Å². The third-order valence-corrected chi connectivity index (χ3v) is 4.99. The maximum Gasteiger partial charge on any atom is 0.304 e. The summed E-state index contributed by atoms with van der Waals surface area (Å²) in [5.74, 6) is -0.183. The van der Waals surface area contributed by atoms with Gasteiger partial charge >= 0.3 is 5.69 Å². The Morgan fingerprint density at radius 2 is 2.15 bits per heavy atom. The van der Waals surface area contributed by atoms with Gasteiger partial charge in [0.25, 0.3) is 0 Å². The number of hydrogen-bond acceptors (Lipinski definition) is 6. The Balaban J connectivity index is 2.26. The smallest absolute Gasteiger partial charge is 0.304 e. The first kappa shape index (κ1) is 14.9. The summed E-state index contributed by atoms with van der Waals surface area (Å²) in [6, 6.07) is 1.32. The molecule has 1 aliphatic rings. The first-order valence-corrected chi connectivity index (χ1v) is 7.37. The fourth-order valence-corrected chi connectivity index (χ4v) is 3.64. The maximum absolute atomic E-state index is 11.4. The van der Waals surface area contributed by atoms with Crippen LogP contribution in [0.25, 0.3) is 0 Å². The molecule has 0 aliphatic heterocycles. The molecule has 20 heavy (non-hydrogen) atoms. The average molecular weight is 298 g/mol. The van der Waals surface area contributed by atoms with Crippen molar-refractivity contribution in [2.24, 2.45) is 0 Å². The van der Waals surface area contributed by atoms with Gasteiger partial charge in [0.2, 0.25) is 0 Å². The molecule has 0 atom stereocenters. The Morgan fingerprint density at radius 3 is 2.65 bits per heavy atom. The molecule has 1 heterocycles. The van der Waals surface area contributed by atoms with E-state index in [-0.39, 0.29) is 11.5 Å². The van der Waals surface area contributed by atoms with Gasteiger partial charge in [-0.3, -0.25) is 14.9 Å². The highest BCUT2D eigenvalue weighted by Crippen LogP contribution is 2.39. The largest absolute Gasteiger partial charge is 0.388 e. The predicted octanol–water partition coefficient (Wildman–Crippen LogP) is 2.60. The van der Waals surface area contributed by atoms with Crippen molar-refractivity contribution < 1.29 is 14.8 Å². The van der Waals surface area contributed by atoms with Crippen LogP contribution in [0.15, 0.2) is 6.07 Å². The number of carbonyl (C=O) groups excluding carboxylic acids is 1. The molecule has 0 amide bonds. The van der Waals surface area contributed by atoms with Gasteiger partial charge in [-0.05, 0) is 19.8 Å². The number of likely N-dealkylation sites (N-methyl/N-ethyl adjacent to an activating group) is 1. The monoisotopic (exact) mass is 298 g/mol. The molecule has 0 saturated heterocycles. The second-order valence-corrected chi connectivity index (χ2v) is 6.43. The SMILES string of the molecule is CC(=O)c1cc([N+](=O)[O-])c(N(C)CC2(O)CCCC2)s1. The van der Waals surface area contributed by atoms with E-state index in [4.69, 9.17) is 0 Å². The van der Waals surface area contributed by atoms with Gasteiger partial charge in [0.1, 0.15) is 0 Å². The predicted molar refractivity (Wildman–Crippen MR) is 77.7 cm³/mol. The Hall–Kier alpha value is -1.47. The zero-order valence-corrected chi connectivity index (χ0v) is 12.4. The van der Waals surface area contributed by atoms with Gasteiger partial charge in [-0.1, -0.05) is 12.8 Å². The van der Waals surface area contributed by atoms with Gasteiger partial charge < -0.3 is 10.0 Å². The number of anilines is 1. The Bertz CT molecular complexity index is 534. The van der Waals surface area contributed by atoms with Crippen LogP contribution in [0, 0.1) is 10.1 Å². The zero-order chi connectivity index (χ0) is 14.9. The first-order chi connectivity index (χ1) is 9.32. The summed E-state index contributed by atoms with van der Waals surface area (Å²) < 4.78 is 0. The molecule has 110 valence electrons. The molecule has 0 bridgehead atoms. The second kappa shape index (κ2) is 5.49. The van der Waals surface area contributed by atoms with E-state index >= 15 is 0 Å². The van der Waals surface area contributed by atoms with E-state index in [1.807, 2.05) is 0 Å². The van der Waals surface area contributed by atoms with Gasteiger partial charge in [0.15, 0.2) is 10.8 Å². The molecule has 1 saturated carbocycles. The third kappa shape index (κ3) is 2.99. The van der Waals surface area contributed by atoms with Crippen LogP contribution in [-0.2, 0) is 0 Å². The molecule has 0 radical (unpaired) electrons. The summed E-state index contributed by atoms with van der Waals surface area (Å²) in [5.41, 5.74) is -0.840. The normalized spacial score (nSPS) is 17.1. The molecule has 0 spiro atoms. The maximum atomic E-state index is 11.4. The van der Waals surface area contributed by atoms with Crippen molar-refractivity contribution in [1.29, 1.82) is 0 Å². The van der Waals surface area contributed by atoms with Crippen LogP contribution in [0.3, 0.4) is 0 Å². The van der Waals surface area contributed by atoms with E-state index in [2.05, 4.69) is 0 Å². The van der Waals surface area contributed by atoms with E-state index in [0.717, 1.165) is 37.0 Å². The van der Waals surface area contributed by atoms with Crippen molar-refractivity contribution in [2.45, 2.75) is 38.2 Å². The summed E-state index contributed by atoms with van der Waals surface area (Å²) in [6.07, 6.45) is 3.40. The summed E-state index contributed by atoms with van der Waals surface area (Å²) in [7, 11) is 1.72. The van der Waals surface area contributed by atoms with Crippen molar-refractivity contribution in [3.63, 3.8) is 0 Å². The minimum Gasteiger partial charge on any atom is -0.388 e. The van der Waals surface area contributed by atoms with E-state index < -0.39 is 10.5 Å². The number of thiophene rings is 1. The van der Waals surface area contributed by atoms with Gasteiger partial charge in [-0.15, -0.1) is 11.3 Å². The highest BCUT2D eigenvalue weighted by Gasteiger charge is 2.34. The van der Waals surface area contributed by atoms with E-state index in [0.29, 0.717) is 16.4 Å². The molecule has 6 nitrogen and oxygen atoms in total. The lowest BCUT2D eigenvalue weighted by molar-refractivity contribution is -0.383. The van der Waals surface area contributed by atoms with Crippen LogP contribution < -0.4 is 4.90 Å². The molecule has 1 N–H and O–H groups in total. The number of aliphatic hydroxyl groups is 1. The van der Waals surface area contributed by atoms with Crippen molar-refractivity contribution in [3.05, 3.63) is 21.1 Å². The number of nitrogens with zero attached hydrogens (tertiary/aromatic N) is 2. The first-order valence-electron chi connectivity index (χ1n) is 6.55. The molecular weight excluding hydrogens is 280 g/mol. The summed E-state index contributed by atoms with van der Waals surface area (Å²) in [5, 5.41) is 21.9. The van der Waals surface area contributed by atoms with Gasteiger partial charge in [0, 0.05) is 19.7 Å². The summed E-state index contributed by atoms with van der Waals surface area (Å²) in [6.45, 7) is 1.75. The number of ketones is 1. The van der Waals surface area contributed by atoms with E-state index in [1.54, 1.807) is 11.9 Å². The highest BCUT2D eigenvalue weighted by molar-refractivity contribution is 7.18. The van der Waals surface area contributed by atoms with E-state index in [1.165, 1.54) is 13.0 Å². The topological polar surface area (TPSA) is 83.7 Å². The average Bonchev–Trinajstić information content (AvgIpc) is 2.95. The van der Waals surface area contributed by atoms with Crippen LogP contribution in [0.5, 0.6) is 0 Å². The van der Waals surface area contributed by atoms with Gasteiger partial charge in [0.05, 0.1) is 15.4 Å². The minimum absolute atomic E-state index is 0.0655. The Kier molecular flexibility index (Phi) is 4.10. The number of rotatable bonds is 5. The van der Waals surface area contributed by atoms with Crippen LogP contribution in [0.4, 0.5) is 10.7 Å². The fourth-order valence-electron chi connectivity index (χ4n) is 2.65. The molecule has 7 heteroatoms. The molecule has 1 aliphatic carbocycles. The van der Waals surface area contributed by atoms with Crippen molar-refractivity contribution in [1.82, 2.24) is 0 Å². The molecule has 1 aromatic rings. The molecule has 0 unspecified atom stereocenters. The lowest BCUT2D eigenvalue weighted by atomic mass is 10.0. The number of nitro groups is 1. The molecule has 0 aromatic carbocycles. The fraction of sp³-hybridized carbons (Fsp3) is 0.615. The van der Waals surface area contributed by atoms with Crippen LogP contribution >= 0.6 is 11.3 Å². The van der Waals surface area contributed by atoms with Crippen LogP contribution in [-0.4, -0.2) is 35.0 Å². The van der Waals surface area contributed by atoms with Crippen molar-refractivity contribution in [3.8, 4) is 0 Å². The third-order valence-electron chi connectivity index (χ3n) is 3.65. The quantitative estimate of drug-likeness (QED) is 0.513. The number of Topliss-reactive ketones (excluding diaryl/α,β-unsaturated/α-hetero) is 1. The molecule has 1 aromatic heterocycles. The van der Waals surface area contributed by atoms with Crippen LogP contribution in [0.2, 0.25) is 0 Å². The van der Waals surface area contributed by atoms with Gasteiger partial charge in [-0.2, -0.15) is 0 Å². The lowest BCUT2D eigenvalue weighted by Crippen LogP contribution is -2.39. The summed E-state index contributed by atoms with van der Waals surface area (Å²) >= 11 is 1.11. The van der Waals surface area contributed by atoms with Gasteiger partial charge in [-0.25, -0.2) is 0 Å². The Morgan fingerprint density at radius 1 is 1.55 bits per heavy atom. The molecular formula is C13H18N2O4S. The minimum atomic E-state index is -0.775. The lowest BCUT2D eigenvalue weighted by Gasteiger charge is -2.28. The zero-order valence-electron chi connectivity index (χ0n) is 11.6. The number of hydrogen-bond donors (Lipinski definition) is 1. The van der Waals surface area contributed by atoms with Crippen LogP contribution in [0.1, 0.15) is 42.3 Å². The highest BCUT2D eigenvalue weighted by atomic mass is 32.1. The van der Waals surface area contributed by atoms with Crippen molar-refractivity contribution in [2.75, 3.05) is 18.5 Å². The number of carbonyl (C=O) groups is 1.